The molecule has 1 heterocycles. The number of ketones is 2. The van der Waals surface area contributed by atoms with Crippen LogP contribution in [0, 0.1) is 0 Å². The Labute approximate surface area is 176 Å². The van der Waals surface area contributed by atoms with Crippen LogP contribution >= 0.6 is 34.7 Å². The second-order valence-corrected chi connectivity index (χ2v) is 8.81. The third-order valence-electron chi connectivity index (χ3n) is 4.47. The van der Waals surface area contributed by atoms with Gasteiger partial charge in [-0.05, 0) is 53.4 Å². The van der Waals surface area contributed by atoms with Gasteiger partial charge in [0.1, 0.15) is 0 Å². The molecule has 0 atom stereocenters. The van der Waals surface area contributed by atoms with Crippen LogP contribution in [0.5, 0.6) is 0 Å². The maximum atomic E-state index is 13.2. The average molecular weight is 423 g/mol. The summed E-state index contributed by atoms with van der Waals surface area (Å²) in [7, 11) is 0. The van der Waals surface area contributed by atoms with Crippen molar-refractivity contribution in [1.82, 2.24) is 0 Å². The molecule has 3 aromatic carbocycles. The van der Waals surface area contributed by atoms with Gasteiger partial charge in [0.2, 0.25) is 5.78 Å². The van der Waals surface area contributed by atoms with Crippen LogP contribution in [-0.4, -0.2) is 17.8 Å². The van der Waals surface area contributed by atoms with E-state index in [-0.39, 0.29) is 11.6 Å². The minimum Gasteiger partial charge on any atom is -0.289 e. The maximum absolute atomic E-state index is 13.2. The third-order valence-corrected chi connectivity index (χ3v) is 6.99. The van der Waals surface area contributed by atoms with Crippen molar-refractivity contribution in [2.24, 2.45) is 0 Å². The van der Waals surface area contributed by atoms with Crippen molar-refractivity contribution in [3.63, 3.8) is 0 Å². The van der Waals surface area contributed by atoms with Crippen molar-refractivity contribution in [2.45, 2.75) is 4.21 Å². The summed E-state index contributed by atoms with van der Waals surface area (Å²) in [5, 5.41) is 2.69. The molecule has 0 saturated heterocycles. The molecule has 0 unspecified atom stereocenters. The fourth-order valence-corrected chi connectivity index (χ4v) is 4.97. The molecule has 138 valence electrons. The zero-order chi connectivity index (χ0) is 19.7. The Hall–Kier alpha value is -2.40. The number of halogens is 1. The number of thioether (sulfide) groups is 1. The van der Waals surface area contributed by atoms with Crippen LogP contribution in [0.1, 0.15) is 31.2 Å². The summed E-state index contributed by atoms with van der Waals surface area (Å²) in [6, 6.07) is 22.1. The van der Waals surface area contributed by atoms with E-state index in [1.54, 1.807) is 30.3 Å². The van der Waals surface area contributed by atoms with E-state index < -0.39 is 0 Å². The molecular formula is C23H15ClO2S2. The van der Waals surface area contributed by atoms with Crippen molar-refractivity contribution in [3.8, 4) is 0 Å². The van der Waals surface area contributed by atoms with E-state index in [0.717, 1.165) is 15.0 Å². The lowest BCUT2D eigenvalue weighted by molar-refractivity contribution is 0.103. The van der Waals surface area contributed by atoms with Crippen molar-refractivity contribution in [2.75, 3.05) is 6.26 Å². The van der Waals surface area contributed by atoms with Gasteiger partial charge in [-0.2, -0.15) is 0 Å². The van der Waals surface area contributed by atoms with Crippen molar-refractivity contribution in [3.05, 3.63) is 99.4 Å². The molecule has 0 fully saturated rings. The largest absolute Gasteiger partial charge is 0.289 e. The van der Waals surface area contributed by atoms with E-state index in [1.165, 1.54) is 23.1 Å². The molecule has 5 heteroatoms. The number of carbonyl (C=O) groups excluding carboxylic acids is 2. The van der Waals surface area contributed by atoms with E-state index >= 15 is 0 Å². The highest BCUT2D eigenvalue weighted by Crippen LogP contribution is 2.34. The zero-order valence-electron chi connectivity index (χ0n) is 14.9. The van der Waals surface area contributed by atoms with Crippen LogP contribution in [0.3, 0.4) is 0 Å². The van der Waals surface area contributed by atoms with Crippen molar-refractivity contribution >= 4 is 57.0 Å². The van der Waals surface area contributed by atoms with E-state index in [2.05, 4.69) is 0 Å². The molecule has 2 nitrogen and oxygen atoms in total. The summed E-state index contributed by atoms with van der Waals surface area (Å²) in [4.78, 5) is 26.5. The molecule has 0 aliphatic rings. The van der Waals surface area contributed by atoms with Gasteiger partial charge in [0.25, 0.3) is 0 Å². The maximum Gasteiger partial charge on any atom is 0.203 e. The van der Waals surface area contributed by atoms with Gasteiger partial charge < -0.3 is 0 Å². The molecule has 0 amide bonds. The van der Waals surface area contributed by atoms with Crippen LogP contribution in [0.25, 0.3) is 10.8 Å². The number of rotatable bonds is 5. The molecule has 0 saturated carbocycles. The molecule has 0 radical (unpaired) electrons. The van der Waals surface area contributed by atoms with E-state index in [9.17, 15) is 9.59 Å². The van der Waals surface area contributed by atoms with E-state index in [4.69, 9.17) is 11.6 Å². The lowest BCUT2D eigenvalue weighted by atomic mass is 10.0. The number of fused-ring (bicyclic) bond motifs is 1. The van der Waals surface area contributed by atoms with Crippen molar-refractivity contribution in [1.29, 1.82) is 0 Å². The number of benzene rings is 3. The highest BCUT2D eigenvalue weighted by atomic mass is 35.5. The minimum atomic E-state index is -0.102. The van der Waals surface area contributed by atoms with Crippen LogP contribution in [0.2, 0.25) is 5.02 Å². The monoisotopic (exact) mass is 422 g/mol. The summed E-state index contributed by atoms with van der Waals surface area (Å²) >= 11 is 8.74. The number of carbonyl (C=O) groups is 2. The first-order chi connectivity index (χ1) is 13.6. The Kier molecular flexibility index (Phi) is 5.36. The Morgan fingerprint density at radius 2 is 1.50 bits per heavy atom. The Morgan fingerprint density at radius 3 is 2.21 bits per heavy atom. The highest BCUT2D eigenvalue weighted by molar-refractivity contribution is 8.00. The molecule has 0 aliphatic carbocycles. The Balaban J connectivity index is 1.71. The van der Waals surface area contributed by atoms with Gasteiger partial charge in [-0.3, -0.25) is 9.59 Å². The van der Waals surface area contributed by atoms with Gasteiger partial charge in [0.15, 0.2) is 5.78 Å². The number of hydrogen-bond donors (Lipinski definition) is 0. The van der Waals surface area contributed by atoms with Gasteiger partial charge in [-0.15, -0.1) is 23.1 Å². The predicted octanol–water partition coefficient (Wildman–Crippen LogP) is 6.74. The molecule has 0 N–H and O–H groups in total. The Morgan fingerprint density at radius 1 is 0.821 bits per heavy atom. The fourth-order valence-electron chi connectivity index (χ4n) is 3.03. The van der Waals surface area contributed by atoms with E-state index in [0.29, 0.717) is 26.6 Å². The second kappa shape index (κ2) is 7.92. The summed E-state index contributed by atoms with van der Waals surface area (Å²) in [5.74, 6) is -0.170. The molecule has 28 heavy (non-hydrogen) atoms. The molecule has 0 spiro atoms. The molecular weight excluding hydrogens is 408 g/mol. The smallest absolute Gasteiger partial charge is 0.203 e. The van der Waals surface area contributed by atoms with Gasteiger partial charge >= 0.3 is 0 Å². The lowest BCUT2D eigenvalue weighted by Gasteiger charge is -2.03. The quantitative estimate of drug-likeness (QED) is 0.264. The molecule has 0 aliphatic heterocycles. The summed E-state index contributed by atoms with van der Waals surface area (Å²) < 4.78 is 0.843. The third kappa shape index (κ3) is 3.63. The summed E-state index contributed by atoms with van der Waals surface area (Å²) in [5.41, 5.74) is 1.75. The molecule has 4 rings (SSSR count). The number of thiophene rings is 1. The number of hydrogen-bond acceptors (Lipinski definition) is 4. The van der Waals surface area contributed by atoms with Crippen LogP contribution < -0.4 is 0 Å². The standard InChI is InChI=1S/C23H15ClO2S2/c1-27-23-19(13-20(28-23)22(26)15-8-10-18(24)11-9-15)21(25)17-7-6-14-4-2-3-5-16(14)12-17/h2-13H,1H3. The molecule has 4 aromatic rings. The fraction of sp³-hybridized carbons (Fsp3) is 0.0435. The van der Waals surface area contributed by atoms with Gasteiger partial charge in [-0.1, -0.05) is 48.0 Å². The van der Waals surface area contributed by atoms with Gasteiger partial charge in [0.05, 0.1) is 9.09 Å². The second-order valence-electron chi connectivity index (χ2n) is 6.24. The van der Waals surface area contributed by atoms with Gasteiger partial charge in [0, 0.05) is 21.7 Å². The predicted molar refractivity (Wildman–Crippen MR) is 118 cm³/mol. The van der Waals surface area contributed by atoms with Crippen LogP contribution in [0.4, 0.5) is 0 Å². The lowest BCUT2D eigenvalue weighted by Crippen LogP contribution is -2.02. The van der Waals surface area contributed by atoms with Gasteiger partial charge in [-0.25, -0.2) is 0 Å². The highest BCUT2D eigenvalue weighted by Gasteiger charge is 2.21. The molecule has 0 bridgehead atoms. The summed E-state index contributed by atoms with van der Waals surface area (Å²) in [6.45, 7) is 0. The normalized spacial score (nSPS) is 10.9. The zero-order valence-corrected chi connectivity index (χ0v) is 17.3. The molecule has 1 aromatic heterocycles. The van der Waals surface area contributed by atoms with Crippen LogP contribution in [0.15, 0.2) is 77.0 Å². The first-order valence-electron chi connectivity index (χ1n) is 8.58. The van der Waals surface area contributed by atoms with Crippen LogP contribution in [-0.2, 0) is 0 Å². The average Bonchev–Trinajstić information content (AvgIpc) is 3.17. The SMILES string of the molecule is CSc1sc(C(=O)c2ccc(Cl)cc2)cc1C(=O)c1ccc2ccccc2c1. The first-order valence-corrected chi connectivity index (χ1v) is 11.0. The topological polar surface area (TPSA) is 34.1 Å². The van der Waals surface area contributed by atoms with Crippen molar-refractivity contribution < 1.29 is 9.59 Å². The Bertz CT molecular complexity index is 1190. The van der Waals surface area contributed by atoms with E-state index in [1.807, 2.05) is 48.7 Å². The minimum absolute atomic E-state index is 0.0680. The first kappa shape index (κ1) is 18.9. The summed E-state index contributed by atoms with van der Waals surface area (Å²) in [6.07, 6.45) is 1.92.